The molecule has 0 spiro atoms. The van der Waals surface area contributed by atoms with E-state index in [-0.39, 0.29) is 11.9 Å². The van der Waals surface area contributed by atoms with Crippen LogP contribution in [-0.4, -0.2) is 45.4 Å². The molecule has 2 aromatic rings. The van der Waals surface area contributed by atoms with Gasteiger partial charge in [0, 0.05) is 48.7 Å². The van der Waals surface area contributed by atoms with Crippen LogP contribution in [-0.2, 0) is 0 Å². The fourth-order valence-corrected chi connectivity index (χ4v) is 5.49. The Balaban J connectivity index is 1.69. The smallest absolute Gasteiger partial charge is 0.142 e. The minimum atomic E-state index is -0.369. The number of likely N-dealkylation sites (tertiary alicyclic amines) is 1. The lowest BCUT2D eigenvalue weighted by molar-refractivity contribution is 0.158. The number of hydrogen-bond donors (Lipinski definition) is 0. The molecule has 0 N–H and O–H groups in total. The second-order valence-electron chi connectivity index (χ2n) is 11.0. The van der Waals surface area contributed by atoms with E-state index in [0.29, 0.717) is 17.4 Å². The van der Waals surface area contributed by atoms with Crippen molar-refractivity contribution in [2.75, 3.05) is 19.6 Å². The lowest BCUT2D eigenvalue weighted by Gasteiger charge is -2.33. The van der Waals surface area contributed by atoms with Gasteiger partial charge in [-0.3, -0.25) is 9.67 Å². The van der Waals surface area contributed by atoms with Crippen molar-refractivity contribution in [2.45, 2.75) is 92.7 Å². The summed E-state index contributed by atoms with van der Waals surface area (Å²) in [7, 11) is 0. The van der Waals surface area contributed by atoms with Crippen molar-refractivity contribution >= 4 is 0 Å². The molecule has 0 bridgehead atoms. The van der Waals surface area contributed by atoms with E-state index < -0.39 is 0 Å². The van der Waals surface area contributed by atoms with Crippen LogP contribution in [0.4, 0.5) is 4.39 Å². The summed E-state index contributed by atoms with van der Waals surface area (Å²) < 4.78 is 22.8. The Kier molecular flexibility index (Phi) is 10.9. The van der Waals surface area contributed by atoms with E-state index in [1.165, 1.54) is 31.9 Å². The summed E-state index contributed by atoms with van der Waals surface area (Å²) in [6, 6.07) is 2.44. The molecule has 2 aromatic heterocycles. The standard InChI is InChI=1S/C32H47FN4O/c1-9-11-12-23(5)20-36-15-13-29(14-16-36)37-21-28(19-35-37)27-17-31(25(7)34-18-27)38-26(8)32(22(3)4)24(6)30(33)10-2/h10,17-19,21,23,26,29H,3,9,11-16,20H2,1-2,4-8H3/b30-10+,32-24+/t23-,26?/m1/s1. The van der Waals surface area contributed by atoms with Crippen LogP contribution in [0.3, 0.4) is 0 Å². The van der Waals surface area contributed by atoms with Gasteiger partial charge in [0.2, 0.25) is 0 Å². The van der Waals surface area contributed by atoms with Crippen LogP contribution in [0.1, 0.15) is 85.4 Å². The predicted octanol–water partition coefficient (Wildman–Crippen LogP) is 8.25. The predicted molar refractivity (Wildman–Crippen MR) is 156 cm³/mol. The van der Waals surface area contributed by atoms with E-state index in [4.69, 9.17) is 9.84 Å². The Morgan fingerprint density at radius 3 is 2.55 bits per heavy atom. The zero-order valence-corrected chi connectivity index (χ0v) is 24.6. The molecule has 1 aliphatic rings. The molecule has 0 radical (unpaired) electrons. The molecular formula is C32H47FN4O. The molecule has 0 amide bonds. The summed E-state index contributed by atoms with van der Waals surface area (Å²) in [5, 5.41) is 4.72. The number of unbranched alkanes of at least 4 members (excludes halogenated alkanes) is 1. The number of ether oxygens (including phenoxy) is 1. The number of halogens is 1. The maximum atomic E-state index is 14.4. The highest BCUT2D eigenvalue weighted by atomic mass is 19.1. The lowest BCUT2D eigenvalue weighted by Crippen LogP contribution is -2.37. The molecule has 0 aromatic carbocycles. The van der Waals surface area contributed by atoms with Crippen LogP contribution in [0, 0.1) is 12.8 Å². The SMILES string of the molecule is C=C(C)/C(=C(C)\C(F)=C/C)C(C)Oc1cc(-c2cnn(C3CCN(C[C@H](C)CCCC)CC3)c2)cnc1C. The van der Waals surface area contributed by atoms with E-state index in [1.807, 2.05) is 39.2 Å². The van der Waals surface area contributed by atoms with Crippen LogP contribution in [0.5, 0.6) is 5.75 Å². The van der Waals surface area contributed by atoms with Crippen LogP contribution in [0.2, 0.25) is 0 Å². The maximum absolute atomic E-state index is 14.4. The third-order valence-electron chi connectivity index (χ3n) is 7.71. The number of hydrogen-bond acceptors (Lipinski definition) is 4. The van der Waals surface area contributed by atoms with Gasteiger partial charge in [0.25, 0.3) is 0 Å². The van der Waals surface area contributed by atoms with Gasteiger partial charge in [-0.1, -0.05) is 44.9 Å². The number of aryl methyl sites for hydroxylation is 1. The zero-order chi connectivity index (χ0) is 27.8. The number of pyridine rings is 1. The van der Waals surface area contributed by atoms with Gasteiger partial charge < -0.3 is 9.64 Å². The second kappa shape index (κ2) is 13.9. The summed E-state index contributed by atoms with van der Waals surface area (Å²) in [4.78, 5) is 7.22. The van der Waals surface area contributed by atoms with Gasteiger partial charge in [0.1, 0.15) is 17.7 Å². The Morgan fingerprint density at radius 2 is 1.92 bits per heavy atom. The molecule has 0 saturated carbocycles. The molecule has 1 unspecified atom stereocenters. The average Bonchev–Trinajstić information content (AvgIpc) is 3.39. The normalized spacial score (nSPS) is 17.7. The third-order valence-corrected chi connectivity index (χ3v) is 7.71. The third kappa shape index (κ3) is 7.66. The highest BCUT2D eigenvalue weighted by Crippen LogP contribution is 2.31. The van der Waals surface area contributed by atoms with E-state index in [2.05, 4.69) is 41.2 Å². The van der Waals surface area contributed by atoms with E-state index in [9.17, 15) is 4.39 Å². The van der Waals surface area contributed by atoms with Gasteiger partial charge in [-0.15, -0.1) is 0 Å². The van der Waals surface area contributed by atoms with Crippen molar-refractivity contribution in [3.8, 4) is 16.9 Å². The van der Waals surface area contributed by atoms with Crippen LogP contribution >= 0.6 is 0 Å². The second-order valence-corrected chi connectivity index (χ2v) is 11.0. The number of aromatic nitrogens is 3. The molecule has 1 saturated heterocycles. The Bertz CT molecular complexity index is 1140. The number of rotatable bonds is 12. The molecule has 0 aliphatic carbocycles. The molecule has 2 atom stereocenters. The highest BCUT2D eigenvalue weighted by Gasteiger charge is 2.23. The van der Waals surface area contributed by atoms with E-state index >= 15 is 0 Å². The summed E-state index contributed by atoms with van der Waals surface area (Å²) >= 11 is 0. The van der Waals surface area contributed by atoms with Gasteiger partial charge in [0.15, 0.2) is 0 Å². The summed E-state index contributed by atoms with van der Waals surface area (Å²) in [6.07, 6.45) is 13.2. The number of piperidine rings is 1. The zero-order valence-electron chi connectivity index (χ0n) is 24.6. The minimum Gasteiger partial charge on any atom is -0.484 e. The lowest BCUT2D eigenvalue weighted by atomic mass is 9.97. The Hall–Kier alpha value is -2.73. The fraction of sp³-hybridized carbons (Fsp3) is 0.562. The van der Waals surface area contributed by atoms with Crippen molar-refractivity contribution in [2.24, 2.45) is 5.92 Å². The first kappa shape index (κ1) is 29.8. The van der Waals surface area contributed by atoms with E-state index in [0.717, 1.165) is 59.8 Å². The van der Waals surface area contributed by atoms with Gasteiger partial charge >= 0.3 is 0 Å². The van der Waals surface area contributed by atoms with Gasteiger partial charge in [0.05, 0.1) is 17.9 Å². The molecule has 1 fully saturated rings. The van der Waals surface area contributed by atoms with Gasteiger partial charge in [-0.05, 0) is 71.4 Å². The summed E-state index contributed by atoms with van der Waals surface area (Å²) in [5.41, 5.74) is 4.89. The highest BCUT2D eigenvalue weighted by molar-refractivity contribution is 5.63. The van der Waals surface area contributed by atoms with Crippen LogP contribution in [0.25, 0.3) is 11.1 Å². The molecule has 3 rings (SSSR count). The molecule has 6 heteroatoms. The molecule has 38 heavy (non-hydrogen) atoms. The first-order valence-electron chi connectivity index (χ1n) is 14.2. The van der Waals surface area contributed by atoms with E-state index in [1.54, 1.807) is 13.8 Å². The average molecular weight is 523 g/mol. The van der Waals surface area contributed by atoms with Crippen LogP contribution < -0.4 is 4.74 Å². The van der Waals surface area contributed by atoms with Crippen LogP contribution in [0.15, 0.2) is 59.9 Å². The molecular weight excluding hydrogens is 475 g/mol. The fourth-order valence-electron chi connectivity index (χ4n) is 5.49. The molecule has 5 nitrogen and oxygen atoms in total. The quantitative estimate of drug-likeness (QED) is 0.263. The minimum absolute atomic E-state index is 0.258. The molecule has 208 valence electrons. The Morgan fingerprint density at radius 1 is 1.21 bits per heavy atom. The first-order chi connectivity index (χ1) is 18.1. The molecule has 1 aliphatic heterocycles. The topological polar surface area (TPSA) is 43.2 Å². The molecule has 3 heterocycles. The van der Waals surface area contributed by atoms with Crippen molar-refractivity contribution in [3.05, 3.63) is 65.6 Å². The summed E-state index contributed by atoms with van der Waals surface area (Å²) in [5.74, 6) is 1.19. The van der Waals surface area contributed by atoms with Gasteiger partial charge in [-0.25, -0.2) is 4.39 Å². The van der Waals surface area contributed by atoms with Crippen molar-refractivity contribution in [1.82, 2.24) is 19.7 Å². The number of nitrogens with zero attached hydrogens (tertiary/aromatic N) is 4. The van der Waals surface area contributed by atoms with Crippen molar-refractivity contribution in [3.63, 3.8) is 0 Å². The Labute approximate surface area is 229 Å². The largest absolute Gasteiger partial charge is 0.484 e. The number of allylic oxidation sites excluding steroid dienone is 3. The maximum Gasteiger partial charge on any atom is 0.142 e. The van der Waals surface area contributed by atoms with Crippen molar-refractivity contribution in [1.29, 1.82) is 0 Å². The monoisotopic (exact) mass is 522 g/mol. The van der Waals surface area contributed by atoms with Gasteiger partial charge in [-0.2, -0.15) is 5.10 Å². The summed E-state index contributed by atoms with van der Waals surface area (Å²) in [6.45, 7) is 21.4. The first-order valence-corrected chi connectivity index (χ1v) is 14.2. The van der Waals surface area contributed by atoms with Crippen molar-refractivity contribution < 1.29 is 9.13 Å².